The quantitative estimate of drug-likeness (QED) is 0.150. The van der Waals surface area contributed by atoms with E-state index in [0.717, 1.165) is 28.0 Å². The van der Waals surface area contributed by atoms with Crippen LogP contribution in [0.15, 0.2) is 163 Å². The van der Waals surface area contributed by atoms with E-state index in [1.807, 2.05) is 42.5 Å². The fourth-order valence-electron chi connectivity index (χ4n) is 6.63. The number of rotatable bonds is 6. The highest BCUT2D eigenvalue weighted by Gasteiger charge is 2.20. The molecule has 4 nitrogen and oxygen atoms in total. The minimum atomic E-state index is 0.360. The molecule has 0 amide bonds. The minimum absolute atomic E-state index is 0.360. The molecule has 0 fully saturated rings. The summed E-state index contributed by atoms with van der Waals surface area (Å²) in [5, 5.41) is 19.6. The number of nitrogens with one attached hydrogen (secondary N) is 2. The molecule has 218 valence electrons. The molecule has 1 heterocycles. The van der Waals surface area contributed by atoms with Crippen LogP contribution in [-0.4, -0.2) is 23.1 Å². The maximum absolute atomic E-state index is 8.98. The summed E-state index contributed by atoms with van der Waals surface area (Å²) < 4.78 is 0. The van der Waals surface area contributed by atoms with E-state index in [2.05, 4.69) is 113 Å². The van der Waals surface area contributed by atoms with Crippen LogP contribution in [0, 0.1) is 5.41 Å². The van der Waals surface area contributed by atoms with E-state index in [0.29, 0.717) is 18.1 Å². The van der Waals surface area contributed by atoms with Gasteiger partial charge in [0.2, 0.25) is 0 Å². The summed E-state index contributed by atoms with van der Waals surface area (Å²) in [5.74, 6) is 0. The highest BCUT2D eigenvalue weighted by atomic mass is 15.0. The average Bonchev–Trinajstić information content (AvgIpc) is 3.11. The number of allylic oxidation sites excluding steroid dienone is 4. The van der Waals surface area contributed by atoms with Gasteiger partial charge in [0.05, 0.1) is 11.4 Å². The van der Waals surface area contributed by atoms with E-state index in [1.165, 1.54) is 43.4 Å². The third kappa shape index (κ3) is 4.86. The van der Waals surface area contributed by atoms with Crippen molar-refractivity contribution >= 4 is 55.0 Å². The zero-order valence-corrected chi connectivity index (χ0v) is 25.1. The minimum Gasteiger partial charge on any atom is -0.366 e. The molecule has 0 unspecified atom stereocenters. The summed E-state index contributed by atoms with van der Waals surface area (Å²) in [6.07, 6.45) is 9.63. The highest BCUT2D eigenvalue weighted by Crippen LogP contribution is 2.44. The summed E-state index contributed by atoms with van der Waals surface area (Å²) in [6, 6.07) is 44.6. The molecule has 6 aromatic carbocycles. The molecule has 0 radical (unpaired) electrons. The van der Waals surface area contributed by atoms with Crippen LogP contribution in [0.5, 0.6) is 0 Å². The maximum atomic E-state index is 8.98. The number of aliphatic imine (C=N–C) groups is 1. The van der Waals surface area contributed by atoms with Gasteiger partial charge in [-0.25, -0.2) is 0 Å². The van der Waals surface area contributed by atoms with Crippen molar-refractivity contribution in [3.63, 3.8) is 0 Å². The van der Waals surface area contributed by atoms with Gasteiger partial charge in [0.25, 0.3) is 0 Å². The van der Waals surface area contributed by atoms with Gasteiger partial charge in [-0.1, -0.05) is 115 Å². The van der Waals surface area contributed by atoms with E-state index in [1.54, 1.807) is 12.4 Å². The number of fused-ring (bicyclic) bond motifs is 3. The maximum Gasteiger partial charge on any atom is 0.108 e. The first kappa shape index (κ1) is 27.4. The molecule has 1 aliphatic carbocycles. The third-order valence-electron chi connectivity index (χ3n) is 8.71. The Bertz CT molecular complexity index is 2320. The Morgan fingerprint density at radius 1 is 0.565 bits per heavy atom. The van der Waals surface area contributed by atoms with Crippen LogP contribution in [0.4, 0.5) is 5.69 Å². The summed E-state index contributed by atoms with van der Waals surface area (Å²) in [5.41, 5.74) is 8.84. The Morgan fingerprint density at radius 2 is 1.15 bits per heavy atom. The molecular weight excluding hydrogens is 560 g/mol. The summed E-state index contributed by atoms with van der Waals surface area (Å²) in [4.78, 5) is 8.91. The van der Waals surface area contributed by atoms with Gasteiger partial charge in [0.1, 0.15) is 6.67 Å². The lowest BCUT2D eigenvalue weighted by Gasteiger charge is -2.20. The molecule has 8 rings (SSSR count). The molecule has 0 saturated carbocycles. The Balaban J connectivity index is 1.17. The fraction of sp³-hybridized carbons (Fsp3) is 0.0238. The van der Waals surface area contributed by atoms with Crippen molar-refractivity contribution in [2.45, 2.75) is 0 Å². The Hall–Kier alpha value is -6.13. The van der Waals surface area contributed by atoms with Crippen LogP contribution in [0.3, 0.4) is 0 Å². The van der Waals surface area contributed by atoms with Gasteiger partial charge in [-0.05, 0) is 90.5 Å². The fourth-order valence-corrected chi connectivity index (χ4v) is 6.63. The lowest BCUT2D eigenvalue weighted by molar-refractivity contribution is 1.14. The number of benzene rings is 6. The molecule has 7 aromatic rings. The first-order valence-corrected chi connectivity index (χ1v) is 15.4. The number of hydrogen-bond donors (Lipinski definition) is 2. The zero-order chi connectivity index (χ0) is 30.9. The van der Waals surface area contributed by atoms with Gasteiger partial charge in [0, 0.05) is 23.6 Å². The molecule has 46 heavy (non-hydrogen) atoms. The monoisotopic (exact) mass is 590 g/mol. The summed E-state index contributed by atoms with van der Waals surface area (Å²) in [7, 11) is 0. The highest BCUT2D eigenvalue weighted by molar-refractivity contribution is 6.52. The SMILES string of the molecule is N=C1C=C(c2c3ccccc3c(-c3cccc4ccccc34)c3ccccc23)C=C/C1=N/CNc1ccccc1-c1ccncc1. The van der Waals surface area contributed by atoms with Crippen molar-refractivity contribution in [2.75, 3.05) is 12.0 Å². The van der Waals surface area contributed by atoms with Crippen LogP contribution in [-0.2, 0) is 0 Å². The van der Waals surface area contributed by atoms with Gasteiger partial charge in [-0.2, -0.15) is 0 Å². The second kappa shape index (κ2) is 11.8. The molecular formula is C42H30N4. The normalized spacial score (nSPS) is 13.9. The van der Waals surface area contributed by atoms with Crippen LogP contribution in [0.2, 0.25) is 0 Å². The second-order valence-corrected chi connectivity index (χ2v) is 11.4. The number of hydrogen-bond acceptors (Lipinski definition) is 4. The molecule has 1 aromatic heterocycles. The van der Waals surface area contributed by atoms with Crippen molar-refractivity contribution in [3.05, 3.63) is 164 Å². The van der Waals surface area contributed by atoms with Crippen molar-refractivity contribution in [3.8, 4) is 22.3 Å². The molecule has 0 spiro atoms. The van der Waals surface area contributed by atoms with E-state index in [-0.39, 0.29) is 0 Å². The van der Waals surface area contributed by atoms with Gasteiger partial charge >= 0.3 is 0 Å². The number of nitrogens with zero attached hydrogens (tertiary/aromatic N) is 2. The number of pyridine rings is 1. The smallest absolute Gasteiger partial charge is 0.108 e. The first-order chi connectivity index (χ1) is 22.8. The second-order valence-electron chi connectivity index (χ2n) is 11.4. The van der Waals surface area contributed by atoms with Gasteiger partial charge in [-0.15, -0.1) is 0 Å². The topological polar surface area (TPSA) is 61.1 Å². The van der Waals surface area contributed by atoms with Crippen molar-refractivity contribution in [1.29, 1.82) is 5.41 Å². The van der Waals surface area contributed by atoms with Crippen LogP contribution < -0.4 is 5.32 Å². The first-order valence-electron chi connectivity index (χ1n) is 15.4. The predicted molar refractivity (Wildman–Crippen MR) is 195 cm³/mol. The van der Waals surface area contributed by atoms with E-state index in [4.69, 9.17) is 10.4 Å². The number of aromatic nitrogens is 1. The third-order valence-corrected chi connectivity index (χ3v) is 8.71. The van der Waals surface area contributed by atoms with Gasteiger partial charge in [0.15, 0.2) is 0 Å². The van der Waals surface area contributed by atoms with Crippen molar-refractivity contribution < 1.29 is 0 Å². The predicted octanol–water partition coefficient (Wildman–Crippen LogP) is 10.4. The van der Waals surface area contributed by atoms with E-state index in [9.17, 15) is 0 Å². The van der Waals surface area contributed by atoms with Crippen molar-refractivity contribution in [1.82, 2.24) is 4.98 Å². The molecule has 1 aliphatic rings. The lowest BCUT2D eigenvalue weighted by atomic mass is 9.83. The van der Waals surface area contributed by atoms with Crippen LogP contribution in [0.25, 0.3) is 60.1 Å². The standard InChI is InChI=1S/C42H30N4/c43-38-26-30(20-21-40(38)46-27-45-39-19-8-7-13-32(39)29-22-24-44-25-23-29)41-34-14-3-5-16-36(34)42(37-17-6-4-15-35(37)41)33-18-9-11-28-10-1-2-12-31(28)33/h1-26,43,45H,27H2/b43-38?,46-40-. The Morgan fingerprint density at radius 3 is 1.87 bits per heavy atom. The zero-order valence-electron chi connectivity index (χ0n) is 25.1. The lowest BCUT2D eigenvalue weighted by Crippen LogP contribution is -2.14. The van der Waals surface area contributed by atoms with Gasteiger partial charge in [-0.3, -0.25) is 15.4 Å². The average molecular weight is 591 g/mol. The van der Waals surface area contributed by atoms with E-state index >= 15 is 0 Å². The van der Waals surface area contributed by atoms with Gasteiger partial charge < -0.3 is 5.32 Å². The number of anilines is 1. The molecule has 0 aliphatic heterocycles. The molecule has 0 saturated heterocycles. The van der Waals surface area contributed by atoms with E-state index < -0.39 is 0 Å². The van der Waals surface area contributed by atoms with Crippen molar-refractivity contribution in [2.24, 2.45) is 4.99 Å². The molecule has 2 N–H and O–H groups in total. The summed E-state index contributed by atoms with van der Waals surface area (Å²) in [6.45, 7) is 0.360. The Labute approximate surface area is 267 Å². The Kier molecular flexibility index (Phi) is 7.01. The molecule has 4 heteroatoms. The van der Waals surface area contributed by atoms with Crippen LogP contribution >= 0.6 is 0 Å². The summed E-state index contributed by atoms with van der Waals surface area (Å²) >= 11 is 0. The largest absolute Gasteiger partial charge is 0.366 e. The van der Waals surface area contributed by atoms with Crippen LogP contribution in [0.1, 0.15) is 5.56 Å². The molecule has 0 atom stereocenters. The molecule has 0 bridgehead atoms. The number of para-hydroxylation sites is 1.